The zero-order valence-electron chi connectivity index (χ0n) is 42.1. The first-order chi connectivity index (χ1) is 31.3. The van der Waals surface area contributed by atoms with E-state index >= 15 is 0 Å². The Morgan fingerprint density at radius 2 is 0.859 bits per heavy atom. The molecule has 1 aliphatic rings. The van der Waals surface area contributed by atoms with Gasteiger partial charge in [-0.05, 0) is 12.8 Å². The van der Waals surface area contributed by atoms with Crippen LogP contribution in [0.2, 0.25) is 0 Å². The third kappa shape index (κ3) is 35.1. The number of ether oxygens (including phenoxy) is 2. The number of hydrogen-bond acceptors (Lipinski definition) is 8. The predicted octanol–water partition coefficient (Wildman–Crippen LogP) is 13.2. The lowest BCUT2D eigenvalue weighted by Gasteiger charge is -2.40. The van der Waals surface area contributed by atoms with E-state index in [1.165, 1.54) is 218 Å². The van der Waals surface area contributed by atoms with Crippen molar-refractivity contribution in [3.05, 3.63) is 12.2 Å². The molecule has 0 spiro atoms. The van der Waals surface area contributed by atoms with Crippen LogP contribution in [0.3, 0.4) is 0 Å². The number of rotatable bonds is 48. The first-order valence-corrected chi connectivity index (χ1v) is 27.9. The van der Waals surface area contributed by atoms with Crippen molar-refractivity contribution in [2.24, 2.45) is 0 Å². The summed E-state index contributed by atoms with van der Waals surface area (Å²) in [4.78, 5) is 12.8. The Morgan fingerprint density at radius 1 is 0.516 bits per heavy atom. The maximum absolute atomic E-state index is 12.8. The summed E-state index contributed by atoms with van der Waals surface area (Å²) in [6.07, 6.45) is 49.7. The second-order valence-corrected chi connectivity index (χ2v) is 19.7. The van der Waals surface area contributed by atoms with Gasteiger partial charge in [-0.3, -0.25) is 4.79 Å². The molecule has 0 aromatic carbocycles. The molecule has 1 amide bonds. The Balaban J connectivity index is 1.90. The van der Waals surface area contributed by atoms with Gasteiger partial charge in [0.1, 0.15) is 24.4 Å². The SMILES string of the molecule is CCCC/C=C/C(O)C(COC1OC(CO)C(O)C(O)C1O)NC(=O)CCCCCCCCCCCCCCCCCCCCCCCCCCCCCCCCCCCCCCC. The summed E-state index contributed by atoms with van der Waals surface area (Å²) in [7, 11) is 0. The average Bonchev–Trinajstić information content (AvgIpc) is 3.29. The standard InChI is InChI=1S/C55H107NO8/c1-3-5-7-9-10-11-12-13-14-15-16-17-18-19-20-21-22-23-24-25-26-27-28-29-30-31-32-33-34-35-36-37-38-39-40-41-43-45-51(59)56-48(49(58)44-42-8-6-4-2)47-63-55-54(62)53(61)52(60)50(46-57)64-55/h42,44,48-50,52-55,57-58,60-62H,3-41,43,45-47H2,1-2H3,(H,56,59)/b44-42+. The fraction of sp³-hybridized carbons (Fsp3) is 0.945. The maximum atomic E-state index is 12.8. The van der Waals surface area contributed by atoms with Gasteiger partial charge >= 0.3 is 0 Å². The molecule has 7 unspecified atom stereocenters. The van der Waals surface area contributed by atoms with Crippen molar-refractivity contribution in [1.82, 2.24) is 5.32 Å². The Labute approximate surface area is 395 Å². The molecule has 0 aliphatic carbocycles. The molecule has 9 heteroatoms. The Hall–Kier alpha value is -1.07. The topological polar surface area (TPSA) is 149 Å². The minimum Gasteiger partial charge on any atom is -0.394 e. The molecule has 0 aromatic rings. The molecule has 7 atom stereocenters. The van der Waals surface area contributed by atoms with Crippen molar-refractivity contribution >= 4 is 5.91 Å². The lowest BCUT2D eigenvalue weighted by Crippen LogP contribution is -2.60. The van der Waals surface area contributed by atoms with E-state index in [1.807, 2.05) is 6.08 Å². The van der Waals surface area contributed by atoms with Crippen molar-refractivity contribution in [2.45, 2.75) is 320 Å². The van der Waals surface area contributed by atoms with Crippen LogP contribution in [-0.4, -0.2) is 87.5 Å². The second-order valence-electron chi connectivity index (χ2n) is 19.7. The van der Waals surface area contributed by atoms with Crippen molar-refractivity contribution in [1.29, 1.82) is 0 Å². The van der Waals surface area contributed by atoms with Crippen LogP contribution in [0.1, 0.15) is 277 Å². The summed E-state index contributed by atoms with van der Waals surface area (Å²) in [5.74, 6) is -0.181. The number of aliphatic hydroxyl groups is 5. The van der Waals surface area contributed by atoms with E-state index in [9.17, 15) is 30.3 Å². The van der Waals surface area contributed by atoms with E-state index in [1.54, 1.807) is 6.08 Å². The van der Waals surface area contributed by atoms with Gasteiger partial charge in [-0.15, -0.1) is 0 Å². The minimum atomic E-state index is -1.56. The van der Waals surface area contributed by atoms with Gasteiger partial charge < -0.3 is 40.3 Å². The number of unbranched alkanes of at least 4 members (excludes halogenated alkanes) is 38. The molecule has 64 heavy (non-hydrogen) atoms. The summed E-state index contributed by atoms with van der Waals surface area (Å²) in [6, 6.07) is -0.796. The van der Waals surface area contributed by atoms with Crippen LogP contribution in [0.5, 0.6) is 0 Å². The molecule has 0 radical (unpaired) electrons. The number of amides is 1. The van der Waals surface area contributed by atoms with Gasteiger partial charge in [-0.2, -0.15) is 0 Å². The number of aliphatic hydroxyl groups excluding tert-OH is 5. The van der Waals surface area contributed by atoms with E-state index in [0.717, 1.165) is 38.5 Å². The lowest BCUT2D eigenvalue weighted by molar-refractivity contribution is -0.302. The highest BCUT2D eigenvalue weighted by Crippen LogP contribution is 2.23. The largest absolute Gasteiger partial charge is 0.394 e. The Kier molecular flexibility index (Phi) is 43.5. The monoisotopic (exact) mass is 910 g/mol. The van der Waals surface area contributed by atoms with Gasteiger partial charge in [0.05, 0.1) is 25.4 Å². The molecule has 6 N–H and O–H groups in total. The van der Waals surface area contributed by atoms with Gasteiger partial charge in [0, 0.05) is 6.42 Å². The highest BCUT2D eigenvalue weighted by atomic mass is 16.7. The lowest BCUT2D eigenvalue weighted by atomic mass is 9.99. The van der Waals surface area contributed by atoms with Gasteiger partial charge in [0.15, 0.2) is 6.29 Å². The minimum absolute atomic E-state index is 0.181. The van der Waals surface area contributed by atoms with E-state index in [4.69, 9.17) is 9.47 Å². The number of nitrogens with one attached hydrogen (secondary N) is 1. The maximum Gasteiger partial charge on any atom is 0.220 e. The summed E-state index contributed by atoms with van der Waals surface area (Å²) in [6.45, 7) is 3.64. The van der Waals surface area contributed by atoms with Gasteiger partial charge in [-0.1, -0.05) is 270 Å². The molecule has 1 rings (SSSR count). The first-order valence-electron chi connectivity index (χ1n) is 27.9. The summed E-state index contributed by atoms with van der Waals surface area (Å²) in [5, 5.41) is 53.7. The molecule has 1 saturated heterocycles. The number of allylic oxidation sites excluding steroid dienone is 1. The Morgan fingerprint density at radius 3 is 1.20 bits per heavy atom. The van der Waals surface area contributed by atoms with Crippen LogP contribution in [0.25, 0.3) is 0 Å². The van der Waals surface area contributed by atoms with Crippen LogP contribution >= 0.6 is 0 Å². The van der Waals surface area contributed by atoms with Gasteiger partial charge in [0.2, 0.25) is 5.91 Å². The highest BCUT2D eigenvalue weighted by molar-refractivity contribution is 5.76. The summed E-state index contributed by atoms with van der Waals surface area (Å²) in [5.41, 5.74) is 0. The van der Waals surface area contributed by atoms with Crippen molar-refractivity contribution in [3.8, 4) is 0 Å². The molecule has 0 saturated carbocycles. The molecule has 1 aliphatic heterocycles. The smallest absolute Gasteiger partial charge is 0.220 e. The molecular formula is C55H107NO8. The van der Waals surface area contributed by atoms with Crippen LogP contribution in [0.4, 0.5) is 0 Å². The first kappa shape index (κ1) is 60.9. The van der Waals surface area contributed by atoms with Crippen molar-refractivity contribution in [2.75, 3.05) is 13.2 Å². The van der Waals surface area contributed by atoms with E-state index < -0.39 is 49.5 Å². The molecule has 1 fully saturated rings. The Bertz CT molecular complexity index is 1010. The summed E-state index contributed by atoms with van der Waals surface area (Å²) < 4.78 is 11.1. The van der Waals surface area contributed by atoms with E-state index in [-0.39, 0.29) is 12.5 Å². The number of carbonyl (C=O) groups excluding carboxylic acids is 1. The second kappa shape index (κ2) is 45.7. The van der Waals surface area contributed by atoms with Gasteiger partial charge in [0.25, 0.3) is 0 Å². The molecule has 1 heterocycles. The predicted molar refractivity (Wildman–Crippen MR) is 267 cm³/mol. The van der Waals surface area contributed by atoms with Crippen molar-refractivity contribution < 1.29 is 39.8 Å². The zero-order chi connectivity index (χ0) is 46.6. The highest BCUT2D eigenvalue weighted by Gasteiger charge is 2.44. The van der Waals surface area contributed by atoms with Gasteiger partial charge in [-0.25, -0.2) is 0 Å². The van der Waals surface area contributed by atoms with Crippen LogP contribution < -0.4 is 5.32 Å². The molecule has 0 aromatic heterocycles. The van der Waals surface area contributed by atoms with Crippen LogP contribution in [-0.2, 0) is 14.3 Å². The zero-order valence-corrected chi connectivity index (χ0v) is 42.1. The van der Waals surface area contributed by atoms with E-state index in [2.05, 4.69) is 19.2 Å². The molecular weight excluding hydrogens is 803 g/mol. The molecule has 9 nitrogen and oxygen atoms in total. The third-order valence-corrected chi connectivity index (χ3v) is 13.6. The molecule has 0 bridgehead atoms. The third-order valence-electron chi connectivity index (χ3n) is 13.6. The van der Waals surface area contributed by atoms with Crippen molar-refractivity contribution in [3.63, 3.8) is 0 Å². The number of carbonyl (C=O) groups is 1. The quantitative estimate of drug-likeness (QED) is 0.0261. The average molecular weight is 910 g/mol. The van der Waals surface area contributed by atoms with E-state index in [0.29, 0.717) is 6.42 Å². The van der Waals surface area contributed by atoms with Crippen LogP contribution in [0.15, 0.2) is 12.2 Å². The van der Waals surface area contributed by atoms with Crippen LogP contribution in [0, 0.1) is 0 Å². The molecule has 380 valence electrons. The fourth-order valence-corrected chi connectivity index (χ4v) is 9.15. The fourth-order valence-electron chi connectivity index (χ4n) is 9.15. The normalized spacial score (nSPS) is 20.0. The summed E-state index contributed by atoms with van der Waals surface area (Å²) >= 11 is 0. The number of hydrogen-bond donors (Lipinski definition) is 6.